The summed E-state index contributed by atoms with van der Waals surface area (Å²) >= 11 is 3.55. The van der Waals surface area contributed by atoms with Gasteiger partial charge in [0, 0.05) is 16.2 Å². The van der Waals surface area contributed by atoms with Gasteiger partial charge in [0.15, 0.2) is 0 Å². The van der Waals surface area contributed by atoms with Crippen LogP contribution in [0.3, 0.4) is 0 Å². The average Bonchev–Trinajstić information content (AvgIpc) is 2.37. The lowest BCUT2D eigenvalue weighted by Gasteiger charge is -2.29. The molecule has 0 spiro atoms. The van der Waals surface area contributed by atoms with Gasteiger partial charge in [0.2, 0.25) is 0 Å². The lowest BCUT2D eigenvalue weighted by atomic mass is 9.83. The minimum absolute atomic E-state index is 0.679. The van der Waals surface area contributed by atoms with Crippen LogP contribution in [0, 0.1) is 12.8 Å². The number of anilines is 1. The molecule has 1 aromatic rings. The second-order valence-corrected chi connectivity index (χ2v) is 6.47. The zero-order valence-corrected chi connectivity index (χ0v) is 13.1. The Bertz CT molecular complexity index is 381. The molecule has 1 aromatic carbocycles. The van der Waals surface area contributed by atoms with Crippen LogP contribution in [0.2, 0.25) is 0 Å². The smallest absolute Gasteiger partial charge is 0.0345 e. The second kappa shape index (κ2) is 6.60. The van der Waals surface area contributed by atoms with Gasteiger partial charge < -0.3 is 5.32 Å². The highest BCUT2D eigenvalue weighted by Crippen LogP contribution is 2.30. The van der Waals surface area contributed by atoms with Gasteiger partial charge in [-0.15, -0.1) is 0 Å². The Morgan fingerprint density at radius 3 is 2.56 bits per heavy atom. The van der Waals surface area contributed by atoms with Gasteiger partial charge >= 0.3 is 0 Å². The van der Waals surface area contributed by atoms with E-state index in [2.05, 4.69) is 53.3 Å². The minimum atomic E-state index is 0.679. The van der Waals surface area contributed by atoms with Crippen molar-refractivity contribution in [1.29, 1.82) is 0 Å². The Kier molecular flexibility index (Phi) is 5.11. The maximum Gasteiger partial charge on any atom is 0.0345 e. The Morgan fingerprint density at radius 2 is 1.94 bits per heavy atom. The summed E-state index contributed by atoms with van der Waals surface area (Å²) in [4.78, 5) is 0. The van der Waals surface area contributed by atoms with E-state index in [0.717, 1.165) is 5.92 Å². The van der Waals surface area contributed by atoms with Crippen LogP contribution in [0.15, 0.2) is 22.7 Å². The standard InChI is InChI=1S/C16H24BrN/c1-3-4-13-5-7-14(8-6-13)18-15-9-10-16(17)12(2)11-15/h9-11,13-14,18H,3-8H2,1-2H3. The SMILES string of the molecule is CCCC1CCC(Nc2ccc(Br)c(C)c2)CC1. The van der Waals surface area contributed by atoms with Crippen LogP contribution in [0.25, 0.3) is 0 Å². The predicted octanol–water partition coefficient (Wildman–Crippen LogP) is 5.53. The molecule has 1 N–H and O–H groups in total. The van der Waals surface area contributed by atoms with Gasteiger partial charge in [-0.1, -0.05) is 35.7 Å². The fourth-order valence-corrected chi connectivity index (χ4v) is 3.22. The summed E-state index contributed by atoms with van der Waals surface area (Å²) in [5.74, 6) is 0.986. The number of aryl methyl sites for hydroxylation is 1. The molecule has 2 heteroatoms. The molecule has 1 saturated carbocycles. The van der Waals surface area contributed by atoms with E-state index in [1.807, 2.05) is 0 Å². The van der Waals surface area contributed by atoms with Crippen LogP contribution in [-0.4, -0.2) is 6.04 Å². The molecule has 0 aliphatic heterocycles. The molecular weight excluding hydrogens is 286 g/mol. The van der Waals surface area contributed by atoms with Crippen LogP contribution in [0.1, 0.15) is 51.0 Å². The molecule has 0 heterocycles. The number of nitrogens with one attached hydrogen (secondary N) is 1. The third kappa shape index (κ3) is 3.74. The Balaban J connectivity index is 1.85. The van der Waals surface area contributed by atoms with E-state index in [4.69, 9.17) is 0 Å². The summed E-state index contributed by atoms with van der Waals surface area (Å²) in [6.07, 6.45) is 8.24. The third-order valence-electron chi connectivity index (χ3n) is 4.07. The maximum absolute atomic E-state index is 3.69. The van der Waals surface area contributed by atoms with E-state index in [1.165, 1.54) is 54.2 Å². The molecule has 0 radical (unpaired) electrons. The van der Waals surface area contributed by atoms with E-state index >= 15 is 0 Å². The van der Waals surface area contributed by atoms with Crippen LogP contribution in [0.4, 0.5) is 5.69 Å². The molecule has 0 atom stereocenters. The van der Waals surface area contributed by atoms with E-state index in [9.17, 15) is 0 Å². The highest BCUT2D eigenvalue weighted by Gasteiger charge is 2.20. The lowest BCUT2D eigenvalue weighted by molar-refractivity contribution is 0.319. The van der Waals surface area contributed by atoms with Crippen molar-refractivity contribution in [3.63, 3.8) is 0 Å². The first kappa shape index (κ1) is 13.9. The molecule has 1 nitrogen and oxygen atoms in total. The zero-order chi connectivity index (χ0) is 13.0. The summed E-state index contributed by atoms with van der Waals surface area (Å²) in [7, 11) is 0. The van der Waals surface area contributed by atoms with Crippen LogP contribution in [-0.2, 0) is 0 Å². The number of rotatable bonds is 4. The van der Waals surface area contributed by atoms with Crippen molar-refractivity contribution < 1.29 is 0 Å². The van der Waals surface area contributed by atoms with Crippen molar-refractivity contribution in [3.05, 3.63) is 28.2 Å². The molecule has 2 rings (SSSR count). The van der Waals surface area contributed by atoms with Crippen molar-refractivity contribution in [2.45, 2.75) is 58.4 Å². The largest absolute Gasteiger partial charge is 0.382 e. The quantitative estimate of drug-likeness (QED) is 0.771. The van der Waals surface area contributed by atoms with Gasteiger partial charge in [0.25, 0.3) is 0 Å². The maximum atomic E-state index is 3.69. The van der Waals surface area contributed by atoms with Crippen LogP contribution < -0.4 is 5.32 Å². The fourth-order valence-electron chi connectivity index (χ4n) is 2.97. The fraction of sp³-hybridized carbons (Fsp3) is 0.625. The van der Waals surface area contributed by atoms with Crippen molar-refractivity contribution in [2.24, 2.45) is 5.92 Å². The Hall–Kier alpha value is -0.500. The van der Waals surface area contributed by atoms with Crippen LogP contribution >= 0.6 is 15.9 Å². The van der Waals surface area contributed by atoms with Crippen LogP contribution in [0.5, 0.6) is 0 Å². The topological polar surface area (TPSA) is 12.0 Å². The Morgan fingerprint density at radius 1 is 1.22 bits per heavy atom. The number of hydrogen-bond acceptors (Lipinski definition) is 1. The van der Waals surface area contributed by atoms with E-state index < -0.39 is 0 Å². The summed E-state index contributed by atoms with van der Waals surface area (Å²) in [5.41, 5.74) is 2.58. The molecule has 0 aromatic heterocycles. The molecule has 0 bridgehead atoms. The van der Waals surface area contributed by atoms with Gasteiger partial charge in [0.1, 0.15) is 0 Å². The molecule has 0 saturated heterocycles. The summed E-state index contributed by atoms with van der Waals surface area (Å²) in [6, 6.07) is 7.23. The first-order valence-corrected chi connectivity index (χ1v) is 8.01. The molecule has 100 valence electrons. The highest BCUT2D eigenvalue weighted by atomic mass is 79.9. The molecule has 1 aliphatic carbocycles. The summed E-state index contributed by atoms with van der Waals surface area (Å²) in [6.45, 7) is 4.45. The van der Waals surface area contributed by atoms with Crippen molar-refractivity contribution in [1.82, 2.24) is 0 Å². The molecule has 0 unspecified atom stereocenters. The van der Waals surface area contributed by atoms with Crippen molar-refractivity contribution in [2.75, 3.05) is 5.32 Å². The minimum Gasteiger partial charge on any atom is -0.382 e. The highest BCUT2D eigenvalue weighted by molar-refractivity contribution is 9.10. The third-order valence-corrected chi connectivity index (χ3v) is 4.96. The number of halogens is 1. The first-order chi connectivity index (χ1) is 8.69. The van der Waals surface area contributed by atoms with Crippen molar-refractivity contribution in [3.8, 4) is 0 Å². The summed E-state index contributed by atoms with van der Waals surface area (Å²) < 4.78 is 1.19. The van der Waals surface area contributed by atoms with E-state index in [-0.39, 0.29) is 0 Å². The van der Waals surface area contributed by atoms with Crippen molar-refractivity contribution >= 4 is 21.6 Å². The monoisotopic (exact) mass is 309 g/mol. The average molecular weight is 310 g/mol. The van der Waals surface area contributed by atoms with Gasteiger partial charge in [-0.2, -0.15) is 0 Å². The summed E-state index contributed by atoms with van der Waals surface area (Å²) in [5, 5.41) is 3.69. The molecule has 18 heavy (non-hydrogen) atoms. The van der Waals surface area contributed by atoms with Gasteiger partial charge in [-0.3, -0.25) is 0 Å². The Labute approximate surface area is 119 Å². The van der Waals surface area contributed by atoms with Gasteiger partial charge in [-0.25, -0.2) is 0 Å². The zero-order valence-electron chi connectivity index (χ0n) is 11.5. The van der Waals surface area contributed by atoms with Gasteiger partial charge in [-0.05, 0) is 62.3 Å². The normalized spacial score (nSPS) is 23.9. The second-order valence-electron chi connectivity index (χ2n) is 5.61. The van der Waals surface area contributed by atoms with E-state index in [0.29, 0.717) is 6.04 Å². The van der Waals surface area contributed by atoms with E-state index in [1.54, 1.807) is 0 Å². The lowest BCUT2D eigenvalue weighted by Crippen LogP contribution is -2.26. The number of hydrogen-bond donors (Lipinski definition) is 1. The molecular formula is C16H24BrN. The van der Waals surface area contributed by atoms with Gasteiger partial charge in [0.05, 0.1) is 0 Å². The predicted molar refractivity (Wildman–Crippen MR) is 83.2 cm³/mol. The molecule has 1 aliphatic rings. The molecule has 0 amide bonds. The molecule has 1 fully saturated rings. The first-order valence-electron chi connectivity index (χ1n) is 7.21. The number of benzene rings is 1.